The molecule has 1 N–H and O–H groups in total. The van der Waals surface area contributed by atoms with Crippen molar-refractivity contribution in [3.8, 4) is 5.75 Å². The summed E-state index contributed by atoms with van der Waals surface area (Å²) in [4.78, 5) is 15.5. The fraction of sp³-hybridized carbons (Fsp3) is 0.0667. The Bertz CT molecular complexity index is 831. The molecule has 0 aliphatic heterocycles. The zero-order valence-electron chi connectivity index (χ0n) is 10.7. The summed E-state index contributed by atoms with van der Waals surface area (Å²) in [5.74, 6) is 0.721. The molecule has 100 valence electrons. The van der Waals surface area contributed by atoms with Crippen LogP contribution in [0.5, 0.6) is 5.75 Å². The van der Waals surface area contributed by atoms with Gasteiger partial charge in [-0.1, -0.05) is 0 Å². The number of nitrogens with one attached hydrogen (secondary N) is 1. The Labute approximate surface area is 124 Å². The van der Waals surface area contributed by atoms with Crippen LogP contribution in [0, 0.1) is 3.95 Å². The van der Waals surface area contributed by atoms with Gasteiger partial charge >= 0.3 is 0 Å². The minimum absolute atomic E-state index is 0.0138. The average molecular weight is 301 g/mol. The van der Waals surface area contributed by atoms with Crippen molar-refractivity contribution >= 4 is 39.6 Å². The lowest BCUT2D eigenvalue weighted by molar-refractivity contribution is 0.103. The molecule has 0 spiro atoms. The highest BCUT2D eigenvalue weighted by molar-refractivity contribution is 7.73. The summed E-state index contributed by atoms with van der Waals surface area (Å²) in [6.07, 6.45) is 0. The molecule has 0 atom stereocenters. The Hall–Kier alpha value is -1.98. The van der Waals surface area contributed by atoms with E-state index in [1.54, 1.807) is 31.4 Å². The van der Waals surface area contributed by atoms with Crippen molar-refractivity contribution in [2.75, 3.05) is 7.11 Å². The number of methoxy groups -OCH3 is 1. The fourth-order valence-corrected chi connectivity index (χ4v) is 3.10. The van der Waals surface area contributed by atoms with Crippen LogP contribution in [0.3, 0.4) is 0 Å². The van der Waals surface area contributed by atoms with E-state index in [1.807, 2.05) is 18.2 Å². The van der Waals surface area contributed by atoms with Crippen molar-refractivity contribution in [2.45, 2.75) is 0 Å². The van der Waals surface area contributed by atoms with Crippen molar-refractivity contribution < 1.29 is 9.53 Å². The zero-order chi connectivity index (χ0) is 14.1. The Morgan fingerprint density at radius 1 is 1.15 bits per heavy atom. The third-order valence-electron chi connectivity index (χ3n) is 3.03. The molecule has 0 bridgehead atoms. The topological polar surface area (TPSA) is 42.1 Å². The van der Waals surface area contributed by atoms with Gasteiger partial charge in [-0.25, -0.2) is 0 Å². The number of aromatic amines is 1. The maximum Gasteiger partial charge on any atom is 0.193 e. The second kappa shape index (κ2) is 5.19. The largest absolute Gasteiger partial charge is 0.497 e. The second-order valence-electron chi connectivity index (χ2n) is 4.28. The SMILES string of the molecule is COc1ccc(C(=O)c2ccc3sc(=S)[nH]c3c2)cc1. The normalized spacial score (nSPS) is 10.7. The maximum absolute atomic E-state index is 12.4. The number of thiazole rings is 1. The van der Waals surface area contributed by atoms with Crippen molar-refractivity contribution in [1.82, 2.24) is 4.98 Å². The predicted molar refractivity (Wildman–Crippen MR) is 83.4 cm³/mol. The number of aromatic nitrogens is 1. The van der Waals surface area contributed by atoms with Gasteiger partial charge in [-0.05, 0) is 54.7 Å². The second-order valence-corrected chi connectivity index (χ2v) is 6.00. The molecule has 0 saturated heterocycles. The summed E-state index contributed by atoms with van der Waals surface area (Å²) in [5, 5.41) is 0. The van der Waals surface area contributed by atoms with Gasteiger partial charge in [0.1, 0.15) is 5.75 Å². The number of rotatable bonds is 3. The van der Waals surface area contributed by atoms with E-state index in [0.717, 1.165) is 16.0 Å². The quantitative estimate of drug-likeness (QED) is 0.582. The number of hydrogen-bond donors (Lipinski definition) is 1. The van der Waals surface area contributed by atoms with Crippen LogP contribution >= 0.6 is 23.6 Å². The molecular weight excluding hydrogens is 290 g/mol. The van der Waals surface area contributed by atoms with Crippen LogP contribution in [0.4, 0.5) is 0 Å². The predicted octanol–water partition coefficient (Wildman–Crippen LogP) is 4.20. The van der Waals surface area contributed by atoms with E-state index in [4.69, 9.17) is 17.0 Å². The first-order chi connectivity index (χ1) is 9.67. The maximum atomic E-state index is 12.4. The highest BCUT2D eigenvalue weighted by Crippen LogP contribution is 2.22. The van der Waals surface area contributed by atoms with E-state index < -0.39 is 0 Å². The summed E-state index contributed by atoms with van der Waals surface area (Å²) < 4.78 is 6.86. The molecule has 3 nitrogen and oxygen atoms in total. The first kappa shape index (κ1) is 13.0. The molecule has 0 amide bonds. The first-order valence-electron chi connectivity index (χ1n) is 5.99. The van der Waals surface area contributed by atoms with Crippen molar-refractivity contribution in [3.05, 3.63) is 57.5 Å². The molecule has 0 aliphatic rings. The Morgan fingerprint density at radius 3 is 2.55 bits per heavy atom. The molecule has 3 aromatic rings. The van der Waals surface area contributed by atoms with Crippen molar-refractivity contribution in [2.24, 2.45) is 0 Å². The van der Waals surface area contributed by atoms with Crippen LogP contribution in [0.15, 0.2) is 42.5 Å². The number of ketones is 1. The van der Waals surface area contributed by atoms with E-state index in [-0.39, 0.29) is 5.78 Å². The van der Waals surface area contributed by atoms with Gasteiger partial charge in [0.25, 0.3) is 0 Å². The highest BCUT2D eigenvalue weighted by Gasteiger charge is 2.10. The van der Waals surface area contributed by atoms with Crippen molar-refractivity contribution in [3.63, 3.8) is 0 Å². The third kappa shape index (κ3) is 2.37. The van der Waals surface area contributed by atoms with Gasteiger partial charge in [0.2, 0.25) is 0 Å². The third-order valence-corrected chi connectivity index (χ3v) is 4.25. The summed E-state index contributed by atoms with van der Waals surface area (Å²) >= 11 is 6.61. The van der Waals surface area contributed by atoms with Gasteiger partial charge in [-0.2, -0.15) is 0 Å². The number of carbonyl (C=O) groups is 1. The highest BCUT2D eigenvalue weighted by atomic mass is 32.1. The van der Waals surface area contributed by atoms with Gasteiger partial charge in [0.05, 0.1) is 17.3 Å². The molecule has 0 radical (unpaired) electrons. The van der Waals surface area contributed by atoms with Gasteiger partial charge in [0, 0.05) is 11.1 Å². The van der Waals surface area contributed by atoms with Gasteiger partial charge in [-0.3, -0.25) is 4.79 Å². The minimum atomic E-state index is -0.0138. The van der Waals surface area contributed by atoms with Crippen LogP contribution in [-0.2, 0) is 0 Å². The fourth-order valence-electron chi connectivity index (χ4n) is 2.00. The molecule has 1 heterocycles. The first-order valence-corrected chi connectivity index (χ1v) is 7.21. The molecule has 5 heteroatoms. The lowest BCUT2D eigenvalue weighted by atomic mass is 10.0. The molecule has 0 saturated carbocycles. The van der Waals surface area contributed by atoms with Crippen molar-refractivity contribution in [1.29, 1.82) is 0 Å². The number of fused-ring (bicyclic) bond motifs is 1. The number of hydrogen-bond acceptors (Lipinski definition) is 4. The number of ether oxygens (including phenoxy) is 1. The molecule has 20 heavy (non-hydrogen) atoms. The Morgan fingerprint density at radius 2 is 1.85 bits per heavy atom. The van der Waals surface area contributed by atoms with Gasteiger partial charge < -0.3 is 9.72 Å². The Kier molecular flexibility index (Phi) is 3.38. The molecule has 0 aliphatic carbocycles. The monoisotopic (exact) mass is 301 g/mol. The number of benzene rings is 2. The molecule has 3 rings (SSSR count). The van der Waals surface area contributed by atoms with Crippen LogP contribution in [0.1, 0.15) is 15.9 Å². The minimum Gasteiger partial charge on any atom is -0.497 e. The van der Waals surface area contributed by atoms with Crippen LogP contribution in [-0.4, -0.2) is 17.9 Å². The lowest BCUT2D eigenvalue weighted by Crippen LogP contribution is -2.00. The van der Waals surface area contributed by atoms with Gasteiger partial charge in [-0.15, -0.1) is 11.3 Å². The Balaban J connectivity index is 2.00. The van der Waals surface area contributed by atoms with E-state index in [2.05, 4.69) is 4.98 Å². The van der Waals surface area contributed by atoms with E-state index in [9.17, 15) is 4.79 Å². The smallest absolute Gasteiger partial charge is 0.193 e. The molecular formula is C15H11NO2S2. The van der Waals surface area contributed by atoms with Crippen LogP contribution < -0.4 is 4.74 Å². The van der Waals surface area contributed by atoms with Crippen LogP contribution in [0.2, 0.25) is 0 Å². The zero-order valence-corrected chi connectivity index (χ0v) is 12.3. The summed E-state index contributed by atoms with van der Waals surface area (Å²) in [5.41, 5.74) is 2.19. The lowest BCUT2D eigenvalue weighted by Gasteiger charge is -2.03. The number of H-pyrrole nitrogens is 1. The van der Waals surface area contributed by atoms with Gasteiger partial charge in [0.15, 0.2) is 9.74 Å². The summed E-state index contributed by atoms with van der Waals surface area (Å²) in [6.45, 7) is 0. The molecule has 0 fully saturated rings. The van der Waals surface area contributed by atoms with Crippen LogP contribution in [0.25, 0.3) is 10.2 Å². The van der Waals surface area contributed by atoms with E-state index in [0.29, 0.717) is 15.1 Å². The number of carbonyl (C=O) groups excluding carboxylic acids is 1. The standard InChI is InChI=1S/C15H11NO2S2/c1-18-11-5-2-9(3-6-11)14(17)10-4-7-13-12(8-10)16-15(19)20-13/h2-8H,1H3,(H,16,19). The molecule has 1 aromatic heterocycles. The molecule has 0 unspecified atom stereocenters. The molecule has 2 aromatic carbocycles. The van der Waals surface area contributed by atoms with E-state index in [1.165, 1.54) is 11.3 Å². The summed E-state index contributed by atoms with van der Waals surface area (Å²) in [7, 11) is 1.60. The summed E-state index contributed by atoms with van der Waals surface area (Å²) in [6, 6.07) is 12.7. The van der Waals surface area contributed by atoms with E-state index >= 15 is 0 Å². The average Bonchev–Trinajstić information content (AvgIpc) is 2.85.